The van der Waals surface area contributed by atoms with Gasteiger partial charge in [-0.2, -0.15) is 0 Å². The fourth-order valence-corrected chi connectivity index (χ4v) is 1.97. The minimum absolute atomic E-state index is 0.260. The van der Waals surface area contributed by atoms with E-state index < -0.39 is 11.8 Å². The van der Waals surface area contributed by atoms with Crippen LogP contribution in [0.4, 0.5) is 0 Å². The van der Waals surface area contributed by atoms with E-state index in [1.165, 1.54) is 7.11 Å². The molecule has 1 heterocycles. The predicted octanol–water partition coefficient (Wildman–Crippen LogP) is 1.75. The first-order chi connectivity index (χ1) is 11.0. The summed E-state index contributed by atoms with van der Waals surface area (Å²) in [6, 6.07) is 8.56. The minimum Gasteiger partial charge on any atom is -0.493 e. The molecule has 0 aliphatic carbocycles. The Morgan fingerprint density at radius 3 is 2.43 bits per heavy atom. The van der Waals surface area contributed by atoms with Crippen LogP contribution >= 0.6 is 0 Å². The Balaban J connectivity index is 1.83. The number of amides is 2. The van der Waals surface area contributed by atoms with Crippen LogP contribution in [0.2, 0.25) is 0 Å². The molecule has 7 heteroatoms. The summed E-state index contributed by atoms with van der Waals surface area (Å²) in [5.41, 5.74) is 4.96. The molecule has 0 bridgehead atoms. The van der Waals surface area contributed by atoms with Gasteiger partial charge in [-0.25, -0.2) is 0 Å². The Labute approximate surface area is 133 Å². The maximum Gasteiger partial charge on any atom is 0.276 e. The summed E-state index contributed by atoms with van der Waals surface area (Å²) < 4.78 is 15.7. The summed E-state index contributed by atoms with van der Waals surface area (Å²) in [6.45, 7) is 3.15. The predicted molar refractivity (Wildman–Crippen MR) is 82.3 cm³/mol. The van der Waals surface area contributed by atoms with Crippen LogP contribution in [0.25, 0.3) is 0 Å². The second kappa shape index (κ2) is 7.35. The molecule has 2 N–H and O–H groups in total. The summed E-state index contributed by atoms with van der Waals surface area (Å²) >= 11 is 0. The van der Waals surface area contributed by atoms with Crippen molar-refractivity contribution in [2.75, 3.05) is 13.7 Å². The third kappa shape index (κ3) is 4.26. The number of furan rings is 1. The van der Waals surface area contributed by atoms with Gasteiger partial charge in [0.2, 0.25) is 0 Å². The lowest BCUT2D eigenvalue weighted by atomic mass is 10.2. The van der Waals surface area contributed by atoms with E-state index in [-0.39, 0.29) is 6.61 Å². The van der Waals surface area contributed by atoms with E-state index in [1.807, 2.05) is 0 Å². The van der Waals surface area contributed by atoms with Gasteiger partial charge in [-0.1, -0.05) is 12.1 Å². The zero-order valence-electron chi connectivity index (χ0n) is 13.1. The van der Waals surface area contributed by atoms with Crippen LogP contribution in [0.5, 0.6) is 11.5 Å². The Morgan fingerprint density at radius 2 is 1.83 bits per heavy atom. The number of nitrogens with one attached hydrogen (secondary N) is 2. The molecule has 0 unspecified atom stereocenters. The normalized spacial score (nSPS) is 10.0. The molecule has 0 fully saturated rings. The van der Waals surface area contributed by atoms with Crippen LogP contribution in [-0.4, -0.2) is 25.5 Å². The van der Waals surface area contributed by atoms with Crippen LogP contribution in [0.3, 0.4) is 0 Å². The fraction of sp³-hybridized carbons (Fsp3) is 0.250. The molecule has 2 rings (SSSR count). The molecule has 0 saturated heterocycles. The van der Waals surface area contributed by atoms with Crippen molar-refractivity contribution in [3.8, 4) is 11.5 Å². The largest absolute Gasteiger partial charge is 0.493 e. The maximum atomic E-state index is 11.9. The van der Waals surface area contributed by atoms with E-state index in [1.54, 1.807) is 44.2 Å². The molecule has 2 aromatic rings. The third-order valence-electron chi connectivity index (χ3n) is 3.03. The molecule has 7 nitrogen and oxygen atoms in total. The van der Waals surface area contributed by atoms with Gasteiger partial charge in [-0.05, 0) is 32.0 Å². The van der Waals surface area contributed by atoms with Crippen molar-refractivity contribution in [1.82, 2.24) is 10.9 Å². The van der Waals surface area contributed by atoms with Gasteiger partial charge < -0.3 is 13.9 Å². The molecule has 122 valence electrons. The number of hydrogen-bond acceptors (Lipinski definition) is 5. The average molecular weight is 318 g/mol. The highest BCUT2D eigenvalue weighted by atomic mass is 16.5. The summed E-state index contributed by atoms with van der Waals surface area (Å²) in [7, 11) is 1.51. The van der Waals surface area contributed by atoms with E-state index in [0.717, 1.165) is 0 Å². The summed E-state index contributed by atoms with van der Waals surface area (Å²) in [4.78, 5) is 23.6. The van der Waals surface area contributed by atoms with Gasteiger partial charge in [0.1, 0.15) is 11.5 Å². The lowest BCUT2D eigenvalue weighted by Gasteiger charge is -2.10. The van der Waals surface area contributed by atoms with Crippen molar-refractivity contribution < 1.29 is 23.5 Å². The van der Waals surface area contributed by atoms with Crippen LogP contribution in [0.15, 0.2) is 34.7 Å². The van der Waals surface area contributed by atoms with Crippen molar-refractivity contribution in [1.29, 1.82) is 0 Å². The highest BCUT2D eigenvalue weighted by Gasteiger charge is 2.14. The van der Waals surface area contributed by atoms with Crippen molar-refractivity contribution in [2.45, 2.75) is 13.8 Å². The smallest absolute Gasteiger partial charge is 0.276 e. The number of aryl methyl sites for hydroxylation is 2. The molecule has 0 aliphatic heterocycles. The molecule has 23 heavy (non-hydrogen) atoms. The van der Waals surface area contributed by atoms with E-state index >= 15 is 0 Å². The molecule has 0 saturated carbocycles. The van der Waals surface area contributed by atoms with Crippen molar-refractivity contribution in [3.63, 3.8) is 0 Å². The second-order valence-electron chi connectivity index (χ2n) is 4.77. The number of hydrazine groups is 1. The fourth-order valence-electron chi connectivity index (χ4n) is 1.97. The number of methoxy groups -OCH3 is 1. The first kappa shape index (κ1) is 16.4. The van der Waals surface area contributed by atoms with E-state index in [0.29, 0.717) is 28.6 Å². The second-order valence-corrected chi connectivity index (χ2v) is 4.77. The van der Waals surface area contributed by atoms with E-state index in [4.69, 9.17) is 13.9 Å². The first-order valence-electron chi connectivity index (χ1n) is 6.93. The maximum absolute atomic E-state index is 11.9. The Bertz CT molecular complexity index is 708. The highest BCUT2D eigenvalue weighted by molar-refractivity contribution is 5.96. The number of benzene rings is 1. The SMILES string of the molecule is COc1ccccc1OCC(=O)NNC(=O)c1cc(C)oc1C. The molecule has 1 aromatic heterocycles. The molecule has 0 aliphatic rings. The molecule has 0 spiro atoms. The topological polar surface area (TPSA) is 89.8 Å². The third-order valence-corrected chi connectivity index (χ3v) is 3.03. The van der Waals surface area contributed by atoms with Crippen LogP contribution in [0, 0.1) is 13.8 Å². The Kier molecular flexibility index (Phi) is 5.24. The van der Waals surface area contributed by atoms with Gasteiger partial charge in [-0.15, -0.1) is 0 Å². The lowest BCUT2D eigenvalue weighted by Crippen LogP contribution is -2.43. The van der Waals surface area contributed by atoms with Crippen molar-refractivity contribution in [3.05, 3.63) is 47.4 Å². The molecular formula is C16H18N2O5. The molecular weight excluding hydrogens is 300 g/mol. The van der Waals surface area contributed by atoms with Crippen LogP contribution < -0.4 is 20.3 Å². The molecule has 0 radical (unpaired) electrons. The molecule has 1 aromatic carbocycles. The standard InChI is InChI=1S/C16H18N2O5/c1-10-8-12(11(2)23-10)16(20)18-17-15(19)9-22-14-7-5-4-6-13(14)21-3/h4-8H,9H2,1-3H3,(H,17,19)(H,18,20). The first-order valence-corrected chi connectivity index (χ1v) is 6.93. The van der Waals surface area contributed by atoms with Gasteiger partial charge >= 0.3 is 0 Å². The van der Waals surface area contributed by atoms with Crippen LogP contribution in [-0.2, 0) is 4.79 Å². The quantitative estimate of drug-likeness (QED) is 0.820. The van der Waals surface area contributed by atoms with E-state index in [2.05, 4.69) is 10.9 Å². The highest BCUT2D eigenvalue weighted by Crippen LogP contribution is 2.25. The van der Waals surface area contributed by atoms with Gasteiger partial charge in [0.25, 0.3) is 11.8 Å². The number of hydrogen-bond donors (Lipinski definition) is 2. The van der Waals surface area contributed by atoms with Gasteiger partial charge in [-0.3, -0.25) is 20.4 Å². The van der Waals surface area contributed by atoms with Gasteiger partial charge in [0.15, 0.2) is 18.1 Å². The van der Waals surface area contributed by atoms with E-state index in [9.17, 15) is 9.59 Å². The summed E-state index contributed by atoms with van der Waals surface area (Å²) in [5, 5.41) is 0. The number of carbonyl (C=O) groups is 2. The van der Waals surface area contributed by atoms with Crippen LogP contribution in [0.1, 0.15) is 21.9 Å². The number of carbonyl (C=O) groups excluding carboxylic acids is 2. The van der Waals surface area contributed by atoms with Gasteiger partial charge in [0.05, 0.1) is 12.7 Å². The van der Waals surface area contributed by atoms with Crippen molar-refractivity contribution >= 4 is 11.8 Å². The average Bonchev–Trinajstić information content (AvgIpc) is 2.89. The number of rotatable bonds is 5. The molecule has 0 atom stereocenters. The number of ether oxygens (including phenoxy) is 2. The molecule has 2 amide bonds. The van der Waals surface area contributed by atoms with Crippen molar-refractivity contribution in [2.24, 2.45) is 0 Å². The Morgan fingerprint density at radius 1 is 1.13 bits per heavy atom. The summed E-state index contributed by atoms with van der Waals surface area (Å²) in [5.74, 6) is 1.12. The zero-order valence-corrected chi connectivity index (χ0v) is 13.1. The van der Waals surface area contributed by atoms with Gasteiger partial charge in [0, 0.05) is 0 Å². The monoisotopic (exact) mass is 318 g/mol. The summed E-state index contributed by atoms with van der Waals surface area (Å²) in [6.07, 6.45) is 0. The minimum atomic E-state index is -0.498. The zero-order chi connectivity index (χ0) is 16.8. The number of para-hydroxylation sites is 2. The Hall–Kier alpha value is -2.96. The lowest BCUT2D eigenvalue weighted by molar-refractivity contribution is -0.123.